The van der Waals surface area contributed by atoms with Crippen molar-refractivity contribution >= 4 is 40.8 Å². The molecule has 0 saturated carbocycles. The number of anilines is 1. The molecule has 2 aliphatic heterocycles. The lowest BCUT2D eigenvalue weighted by molar-refractivity contribution is -0.0147. The van der Waals surface area contributed by atoms with E-state index < -0.39 is 0 Å². The topological polar surface area (TPSA) is 38.2 Å². The van der Waals surface area contributed by atoms with Gasteiger partial charge in [0.15, 0.2) is 0 Å². The Kier molecular flexibility index (Phi) is 5.33. The minimum absolute atomic E-state index is 0.123. The molecule has 4 nitrogen and oxygen atoms in total. The Morgan fingerprint density at radius 1 is 1.19 bits per heavy atom. The first-order valence-electron chi connectivity index (χ1n) is 8.91. The summed E-state index contributed by atoms with van der Waals surface area (Å²) < 4.78 is 6.01. The van der Waals surface area contributed by atoms with Crippen molar-refractivity contribution in [3.05, 3.63) is 40.1 Å². The van der Waals surface area contributed by atoms with Crippen LogP contribution < -0.4 is 4.90 Å². The van der Waals surface area contributed by atoms with Gasteiger partial charge < -0.3 is 9.64 Å². The fraction of sp³-hybridized carbons (Fsp3) is 0.474. The quantitative estimate of drug-likeness (QED) is 0.678. The van der Waals surface area contributed by atoms with E-state index in [9.17, 15) is 0 Å². The molecular weight excluding hydrogens is 389 g/mol. The van der Waals surface area contributed by atoms with Crippen molar-refractivity contribution in [2.45, 2.75) is 48.1 Å². The summed E-state index contributed by atoms with van der Waals surface area (Å²) in [5, 5.41) is 1.96. The Balaban J connectivity index is 1.47. The van der Waals surface area contributed by atoms with Gasteiger partial charge in [0.1, 0.15) is 10.8 Å². The molecule has 1 aromatic heterocycles. The van der Waals surface area contributed by atoms with Crippen LogP contribution in [0.5, 0.6) is 0 Å². The van der Waals surface area contributed by atoms with E-state index in [2.05, 4.69) is 9.88 Å². The molecule has 0 N–H and O–H groups in total. The lowest BCUT2D eigenvalue weighted by Gasteiger charge is -2.39. The van der Waals surface area contributed by atoms with Gasteiger partial charge in [-0.2, -0.15) is 0 Å². The number of aryl methyl sites for hydroxylation is 1. The molecular formula is C19H21Cl2N3OS. The van der Waals surface area contributed by atoms with Crippen LogP contribution in [0.4, 0.5) is 5.82 Å². The summed E-state index contributed by atoms with van der Waals surface area (Å²) in [7, 11) is 0. The summed E-state index contributed by atoms with van der Waals surface area (Å²) in [4.78, 5) is 12.6. The number of hydrogen-bond donors (Lipinski definition) is 0. The minimum Gasteiger partial charge on any atom is -0.375 e. The Morgan fingerprint density at radius 2 is 2.00 bits per heavy atom. The van der Waals surface area contributed by atoms with Gasteiger partial charge in [-0.15, -0.1) is 0 Å². The lowest BCUT2D eigenvalue weighted by atomic mass is 9.89. The summed E-state index contributed by atoms with van der Waals surface area (Å²) in [5.74, 6) is 0.942. The Hall–Kier alpha value is -1.01. The molecule has 3 heterocycles. The van der Waals surface area contributed by atoms with E-state index in [0.29, 0.717) is 10.0 Å². The van der Waals surface area contributed by atoms with E-state index in [1.54, 1.807) is 6.07 Å². The third-order valence-corrected chi connectivity index (χ3v) is 7.28. The van der Waals surface area contributed by atoms with Gasteiger partial charge in [-0.1, -0.05) is 41.0 Å². The predicted molar refractivity (Wildman–Crippen MR) is 107 cm³/mol. The summed E-state index contributed by atoms with van der Waals surface area (Å²) in [6, 6.07) is 5.62. The smallest absolute Gasteiger partial charge is 0.147 e. The average Bonchev–Trinajstić information content (AvgIpc) is 3.09. The van der Waals surface area contributed by atoms with E-state index in [0.717, 1.165) is 54.0 Å². The molecule has 2 fully saturated rings. The molecule has 0 unspecified atom stereocenters. The van der Waals surface area contributed by atoms with E-state index in [1.165, 1.54) is 24.6 Å². The highest BCUT2D eigenvalue weighted by atomic mass is 35.5. The van der Waals surface area contributed by atoms with Crippen LogP contribution in [0.25, 0.3) is 0 Å². The van der Waals surface area contributed by atoms with E-state index >= 15 is 0 Å². The first-order chi connectivity index (χ1) is 12.6. The second-order valence-corrected chi connectivity index (χ2v) is 8.71. The summed E-state index contributed by atoms with van der Waals surface area (Å²) in [6.45, 7) is 4.85. The van der Waals surface area contributed by atoms with Gasteiger partial charge in [-0.05, 0) is 44.7 Å². The molecule has 2 aromatic rings. The maximum absolute atomic E-state index is 6.29. The Morgan fingerprint density at radius 3 is 2.69 bits per heavy atom. The predicted octanol–water partition coefficient (Wildman–Crippen LogP) is 5.39. The number of piperidine rings is 1. The number of hydrogen-bond acceptors (Lipinski definition) is 5. The van der Waals surface area contributed by atoms with Crippen LogP contribution in [0.2, 0.25) is 10.0 Å². The number of aromatic nitrogens is 2. The van der Waals surface area contributed by atoms with Crippen LogP contribution in [0.1, 0.15) is 31.4 Å². The fourth-order valence-electron chi connectivity index (χ4n) is 3.67. The van der Waals surface area contributed by atoms with Gasteiger partial charge >= 0.3 is 0 Å². The number of ether oxygens (including phenoxy) is 1. The third kappa shape index (κ3) is 3.68. The molecule has 1 aromatic carbocycles. The van der Waals surface area contributed by atoms with Crippen molar-refractivity contribution < 1.29 is 4.74 Å². The van der Waals surface area contributed by atoms with Crippen LogP contribution in [-0.4, -0.2) is 35.3 Å². The van der Waals surface area contributed by atoms with E-state index in [1.807, 2.05) is 25.3 Å². The maximum atomic E-state index is 6.29. The number of halogens is 2. The Labute approximate surface area is 168 Å². The molecule has 0 aliphatic carbocycles. The number of nitrogens with zero attached hydrogens (tertiary/aromatic N) is 3. The van der Waals surface area contributed by atoms with Crippen LogP contribution in [0, 0.1) is 6.92 Å². The Bertz CT molecular complexity index is 801. The number of benzene rings is 1. The molecule has 2 saturated heterocycles. The van der Waals surface area contributed by atoms with Crippen molar-refractivity contribution in [2.24, 2.45) is 0 Å². The zero-order valence-electron chi connectivity index (χ0n) is 14.7. The molecule has 0 atom stereocenters. The highest BCUT2D eigenvalue weighted by Gasteiger charge is 2.38. The highest BCUT2D eigenvalue weighted by molar-refractivity contribution is 7.99. The highest BCUT2D eigenvalue weighted by Crippen LogP contribution is 2.39. The van der Waals surface area contributed by atoms with Crippen molar-refractivity contribution in [1.82, 2.24) is 9.97 Å². The largest absolute Gasteiger partial charge is 0.375 e. The molecule has 7 heteroatoms. The van der Waals surface area contributed by atoms with Gasteiger partial charge in [-0.25, -0.2) is 9.97 Å². The standard InChI is InChI=1S/C19H21Cl2N3OS/c1-13-18(26-15-5-2-4-14(20)17(15)21)22-12-16(23-13)24-9-7-19(8-10-24)6-3-11-25-19/h2,4-5,12H,3,6-11H2,1H3. The van der Waals surface area contributed by atoms with Crippen LogP contribution in [0.15, 0.2) is 34.3 Å². The zero-order valence-corrected chi connectivity index (χ0v) is 17.0. The summed E-state index contributed by atoms with van der Waals surface area (Å²) in [6.07, 6.45) is 6.39. The SMILES string of the molecule is Cc1nc(N2CCC3(CCCO3)CC2)cnc1Sc1cccc(Cl)c1Cl. The second-order valence-electron chi connectivity index (χ2n) is 6.89. The van der Waals surface area contributed by atoms with Crippen molar-refractivity contribution in [1.29, 1.82) is 0 Å². The maximum Gasteiger partial charge on any atom is 0.147 e. The van der Waals surface area contributed by atoms with Gasteiger partial charge in [0.05, 0.1) is 27.5 Å². The van der Waals surface area contributed by atoms with Crippen molar-refractivity contribution in [3.63, 3.8) is 0 Å². The van der Waals surface area contributed by atoms with Gasteiger partial charge in [-0.3, -0.25) is 0 Å². The minimum atomic E-state index is 0.123. The third-order valence-electron chi connectivity index (χ3n) is 5.20. The normalized spacial score (nSPS) is 19.3. The summed E-state index contributed by atoms with van der Waals surface area (Å²) in [5.41, 5.74) is 1.03. The molecule has 4 rings (SSSR count). The molecule has 0 amide bonds. The van der Waals surface area contributed by atoms with Crippen LogP contribution >= 0.6 is 35.0 Å². The number of rotatable bonds is 3. The summed E-state index contributed by atoms with van der Waals surface area (Å²) >= 11 is 13.9. The monoisotopic (exact) mass is 409 g/mol. The van der Waals surface area contributed by atoms with Crippen LogP contribution in [-0.2, 0) is 4.74 Å². The molecule has 1 spiro atoms. The van der Waals surface area contributed by atoms with E-state index in [-0.39, 0.29) is 5.60 Å². The first-order valence-corrected chi connectivity index (χ1v) is 10.5. The van der Waals surface area contributed by atoms with Gasteiger partial charge in [0, 0.05) is 24.6 Å². The molecule has 0 bridgehead atoms. The van der Waals surface area contributed by atoms with Crippen molar-refractivity contribution in [3.8, 4) is 0 Å². The molecule has 26 heavy (non-hydrogen) atoms. The molecule has 2 aliphatic rings. The molecule has 138 valence electrons. The average molecular weight is 410 g/mol. The first kappa shape index (κ1) is 18.4. The fourth-order valence-corrected chi connectivity index (χ4v) is 5.00. The van der Waals surface area contributed by atoms with E-state index in [4.69, 9.17) is 32.9 Å². The van der Waals surface area contributed by atoms with Gasteiger partial charge in [0.25, 0.3) is 0 Å². The lowest BCUT2D eigenvalue weighted by Crippen LogP contribution is -2.44. The molecule has 0 radical (unpaired) electrons. The van der Waals surface area contributed by atoms with Crippen LogP contribution in [0.3, 0.4) is 0 Å². The second kappa shape index (κ2) is 7.55. The van der Waals surface area contributed by atoms with Gasteiger partial charge in [0.2, 0.25) is 0 Å². The van der Waals surface area contributed by atoms with Crippen molar-refractivity contribution in [2.75, 3.05) is 24.6 Å². The zero-order chi connectivity index (χ0) is 18.1.